The molecule has 1 aliphatic heterocycles. The molecule has 1 aromatic rings. The second kappa shape index (κ2) is 9.04. The van der Waals surface area contributed by atoms with Crippen molar-refractivity contribution in [2.24, 2.45) is 11.8 Å². The lowest BCUT2D eigenvalue weighted by Gasteiger charge is -2.31. The Kier molecular flexibility index (Phi) is 7.17. The van der Waals surface area contributed by atoms with Gasteiger partial charge in [0.1, 0.15) is 12.4 Å². The lowest BCUT2D eigenvalue weighted by atomic mass is 9.98. The highest BCUT2D eigenvalue weighted by atomic mass is 35.5. The molecule has 2 heterocycles. The zero-order chi connectivity index (χ0) is 21.9. The predicted octanol–water partition coefficient (Wildman–Crippen LogP) is 0.832. The van der Waals surface area contributed by atoms with Crippen molar-refractivity contribution in [2.75, 3.05) is 18.2 Å². The number of aromatic nitrogens is 3. The summed E-state index contributed by atoms with van der Waals surface area (Å²) in [4.78, 5) is 39.6. The van der Waals surface area contributed by atoms with E-state index in [0.29, 0.717) is 4.68 Å². The number of hydrogen-bond acceptors (Lipinski definition) is 9. The number of halogens is 2. The molecule has 4 atom stereocenters. The van der Waals surface area contributed by atoms with E-state index >= 15 is 4.39 Å². The van der Waals surface area contributed by atoms with Crippen molar-refractivity contribution in [1.82, 2.24) is 14.8 Å². The molecule has 1 saturated heterocycles. The highest BCUT2D eigenvalue weighted by Crippen LogP contribution is 2.41. The highest BCUT2D eigenvalue weighted by Gasteiger charge is 2.60. The summed E-state index contributed by atoms with van der Waals surface area (Å²) in [6.45, 7) is 5.88. The molecular formula is C17H24ClFN4O6. The van der Waals surface area contributed by atoms with E-state index in [1.54, 1.807) is 27.7 Å². The summed E-state index contributed by atoms with van der Waals surface area (Å²) in [5.74, 6) is -2.84. The van der Waals surface area contributed by atoms with Crippen LogP contribution < -0.4 is 11.4 Å². The minimum Gasteiger partial charge on any atom is -0.462 e. The monoisotopic (exact) mass is 434 g/mol. The van der Waals surface area contributed by atoms with Gasteiger partial charge < -0.3 is 19.9 Å². The number of hydrogen-bond donors (Lipinski definition) is 1. The number of nitrogens with zero attached hydrogens (tertiary/aromatic N) is 3. The van der Waals surface area contributed by atoms with Crippen LogP contribution in [0.1, 0.15) is 33.9 Å². The molecule has 0 aromatic carbocycles. The minimum absolute atomic E-state index is 0.156. The van der Waals surface area contributed by atoms with Gasteiger partial charge in [0.15, 0.2) is 24.1 Å². The number of ether oxygens (including phenoxy) is 3. The predicted molar refractivity (Wildman–Crippen MR) is 99.7 cm³/mol. The van der Waals surface area contributed by atoms with Crippen LogP contribution in [0.4, 0.5) is 10.2 Å². The summed E-state index contributed by atoms with van der Waals surface area (Å²) in [5.41, 5.74) is 2.71. The summed E-state index contributed by atoms with van der Waals surface area (Å²) in [5, 5.41) is 3.74. The van der Waals surface area contributed by atoms with E-state index < -0.39 is 60.2 Å². The van der Waals surface area contributed by atoms with Gasteiger partial charge in [-0.3, -0.25) is 9.59 Å². The van der Waals surface area contributed by atoms with Gasteiger partial charge in [0, 0.05) is 0 Å². The summed E-state index contributed by atoms with van der Waals surface area (Å²) in [6.07, 6.45) is -4.15. The van der Waals surface area contributed by atoms with E-state index in [-0.39, 0.29) is 11.7 Å². The van der Waals surface area contributed by atoms with Crippen molar-refractivity contribution < 1.29 is 28.2 Å². The standard InChI is InChI=1S/C17H24ClFN4O6/c1-8(2)14(24)27-7-17(6-18)12(28-15(25)9(3)4)11(19)13(29-17)23-16(26)22-10(20)5-21-23/h5,8-9,11-13H,6-7H2,1-4H3,(H2,20,22,26). The van der Waals surface area contributed by atoms with Gasteiger partial charge in [0.25, 0.3) is 0 Å². The second-order valence-electron chi connectivity index (χ2n) is 7.33. The van der Waals surface area contributed by atoms with Gasteiger partial charge >= 0.3 is 17.6 Å². The van der Waals surface area contributed by atoms with Crippen LogP contribution in [0.3, 0.4) is 0 Å². The maximum atomic E-state index is 15.3. The van der Waals surface area contributed by atoms with Crippen molar-refractivity contribution >= 4 is 29.4 Å². The normalized spacial score (nSPS) is 26.7. The van der Waals surface area contributed by atoms with Crippen LogP contribution in [-0.2, 0) is 23.8 Å². The number of anilines is 1. The first-order valence-corrected chi connectivity index (χ1v) is 9.52. The fourth-order valence-corrected chi connectivity index (χ4v) is 2.88. The molecule has 0 aliphatic carbocycles. The summed E-state index contributed by atoms with van der Waals surface area (Å²) >= 11 is 6.05. The van der Waals surface area contributed by atoms with Crippen LogP contribution in [0.15, 0.2) is 11.0 Å². The van der Waals surface area contributed by atoms with Crippen molar-refractivity contribution in [1.29, 1.82) is 0 Å². The number of alkyl halides is 2. The van der Waals surface area contributed by atoms with Gasteiger partial charge in [-0.05, 0) is 0 Å². The summed E-state index contributed by atoms with van der Waals surface area (Å²) in [7, 11) is 0. The van der Waals surface area contributed by atoms with Crippen LogP contribution in [0.25, 0.3) is 0 Å². The van der Waals surface area contributed by atoms with E-state index in [1.807, 2.05) is 0 Å². The number of carbonyl (C=O) groups is 2. The van der Waals surface area contributed by atoms with Gasteiger partial charge in [0.05, 0.1) is 23.9 Å². The molecule has 2 rings (SSSR count). The molecule has 1 fully saturated rings. The first-order valence-electron chi connectivity index (χ1n) is 8.98. The molecule has 29 heavy (non-hydrogen) atoms. The van der Waals surface area contributed by atoms with Gasteiger partial charge in [-0.2, -0.15) is 14.8 Å². The molecule has 2 N–H and O–H groups in total. The largest absolute Gasteiger partial charge is 0.462 e. The molecule has 0 saturated carbocycles. The fourth-order valence-electron chi connectivity index (χ4n) is 2.59. The topological polar surface area (TPSA) is 136 Å². The lowest BCUT2D eigenvalue weighted by molar-refractivity contribution is -0.177. The van der Waals surface area contributed by atoms with Gasteiger partial charge in [0.2, 0.25) is 0 Å². The maximum absolute atomic E-state index is 15.3. The van der Waals surface area contributed by atoms with Crippen LogP contribution in [0, 0.1) is 11.8 Å². The van der Waals surface area contributed by atoms with E-state index in [1.165, 1.54) is 0 Å². The Morgan fingerprint density at radius 2 is 1.97 bits per heavy atom. The van der Waals surface area contributed by atoms with Gasteiger partial charge in [-0.15, -0.1) is 11.6 Å². The molecule has 1 aliphatic rings. The minimum atomic E-state index is -2.04. The number of esters is 2. The molecule has 4 unspecified atom stereocenters. The number of carbonyl (C=O) groups excluding carboxylic acids is 2. The zero-order valence-electron chi connectivity index (χ0n) is 16.5. The van der Waals surface area contributed by atoms with E-state index in [4.69, 9.17) is 31.5 Å². The van der Waals surface area contributed by atoms with Crippen LogP contribution in [0.2, 0.25) is 0 Å². The third-order valence-corrected chi connectivity index (χ3v) is 4.74. The Balaban J connectivity index is 2.42. The van der Waals surface area contributed by atoms with Gasteiger partial charge in [-0.1, -0.05) is 27.7 Å². The van der Waals surface area contributed by atoms with E-state index in [2.05, 4.69) is 10.1 Å². The van der Waals surface area contributed by atoms with E-state index in [9.17, 15) is 14.4 Å². The summed E-state index contributed by atoms with van der Waals surface area (Å²) < 4.78 is 32.2. The maximum Gasteiger partial charge on any atom is 0.368 e. The average molecular weight is 435 g/mol. The van der Waals surface area contributed by atoms with Crippen molar-refractivity contribution in [3.05, 3.63) is 16.7 Å². The second-order valence-corrected chi connectivity index (χ2v) is 7.60. The van der Waals surface area contributed by atoms with E-state index in [0.717, 1.165) is 6.20 Å². The molecule has 12 heteroatoms. The number of nitrogen functional groups attached to an aromatic ring is 1. The quantitative estimate of drug-likeness (QED) is 0.488. The Hall–Kier alpha value is -2.27. The number of rotatable bonds is 7. The van der Waals surface area contributed by atoms with Crippen molar-refractivity contribution in [2.45, 2.75) is 51.8 Å². The molecular weight excluding hydrogens is 411 g/mol. The SMILES string of the molecule is CC(C)C(=O)OCC1(CCl)OC(n2ncc(N)nc2=O)C(F)C1OC(=O)C(C)C. The Morgan fingerprint density at radius 1 is 1.34 bits per heavy atom. The van der Waals surface area contributed by atoms with Crippen LogP contribution >= 0.6 is 11.6 Å². The third kappa shape index (κ3) is 4.84. The average Bonchev–Trinajstić information content (AvgIpc) is 2.92. The molecule has 162 valence electrons. The molecule has 0 amide bonds. The molecule has 0 spiro atoms. The highest BCUT2D eigenvalue weighted by molar-refractivity contribution is 6.18. The third-order valence-electron chi connectivity index (χ3n) is 4.28. The summed E-state index contributed by atoms with van der Waals surface area (Å²) in [6, 6.07) is 0. The molecule has 10 nitrogen and oxygen atoms in total. The first-order chi connectivity index (χ1) is 13.5. The van der Waals surface area contributed by atoms with Crippen molar-refractivity contribution in [3.63, 3.8) is 0 Å². The Labute approximate surface area is 171 Å². The van der Waals surface area contributed by atoms with Crippen LogP contribution in [-0.4, -0.2) is 57.1 Å². The Bertz CT molecular complexity index is 819. The molecule has 1 aromatic heterocycles. The number of nitrogens with two attached hydrogens (primary N) is 1. The zero-order valence-corrected chi connectivity index (χ0v) is 17.3. The van der Waals surface area contributed by atoms with Crippen molar-refractivity contribution in [3.8, 4) is 0 Å². The Morgan fingerprint density at radius 3 is 2.48 bits per heavy atom. The molecule has 0 bridgehead atoms. The first kappa shape index (κ1) is 23.0. The fraction of sp³-hybridized carbons (Fsp3) is 0.706. The smallest absolute Gasteiger partial charge is 0.368 e. The van der Waals surface area contributed by atoms with Gasteiger partial charge in [-0.25, -0.2) is 9.18 Å². The lowest BCUT2D eigenvalue weighted by Crippen LogP contribution is -2.51. The van der Waals surface area contributed by atoms with Crippen LogP contribution in [0.5, 0.6) is 0 Å². The molecule has 0 radical (unpaired) electrons.